The molecule has 3 aromatic rings. The Morgan fingerprint density at radius 1 is 0.789 bits per heavy atom. The Labute approximate surface area is 229 Å². The Balaban J connectivity index is 1.45. The molecule has 1 atom stereocenters. The second kappa shape index (κ2) is 12.4. The summed E-state index contributed by atoms with van der Waals surface area (Å²) in [5.41, 5.74) is 1.48. The molecule has 0 aliphatic carbocycles. The van der Waals surface area contributed by atoms with E-state index in [2.05, 4.69) is 10.0 Å². The molecule has 11 heteroatoms. The zero-order chi connectivity index (χ0) is 27.2. The average molecular weight is 576 g/mol. The summed E-state index contributed by atoms with van der Waals surface area (Å²) in [6.45, 7) is 1.15. The number of rotatable bonds is 10. The van der Waals surface area contributed by atoms with Gasteiger partial charge in [0.05, 0.1) is 9.79 Å². The first-order chi connectivity index (χ1) is 18.1. The minimum Gasteiger partial charge on any atom is -0.351 e. The Bertz CT molecular complexity index is 1440. The van der Waals surface area contributed by atoms with Gasteiger partial charge < -0.3 is 5.32 Å². The fourth-order valence-corrected chi connectivity index (χ4v) is 7.09. The van der Waals surface area contributed by atoms with Gasteiger partial charge in [0.15, 0.2) is 0 Å². The quantitative estimate of drug-likeness (QED) is 0.383. The number of hydrogen-bond acceptors (Lipinski definition) is 5. The van der Waals surface area contributed by atoms with E-state index in [1.165, 1.54) is 40.7 Å². The number of amides is 1. The lowest BCUT2D eigenvalue weighted by molar-refractivity contribution is -0.122. The number of carbonyl (C=O) groups is 1. The van der Waals surface area contributed by atoms with E-state index in [9.17, 15) is 21.6 Å². The van der Waals surface area contributed by atoms with Crippen molar-refractivity contribution in [3.63, 3.8) is 0 Å². The van der Waals surface area contributed by atoms with Crippen LogP contribution < -0.4 is 10.0 Å². The number of sulfonamides is 2. The highest BCUT2D eigenvalue weighted by atomic mass is 35.5. The molecular formula is C27H30ClN3O5S2. The second-order valence-corrected chi connectivity index (χ2v) is 13.2. The van der Waals surface area contributed by atoms with Gasteiger partial charge in [-0.1, -0.05) is 60.5 Å². The Morgan fingerprint density at radius 3 is 2.03 bits per heavy atom. The number of carbonyl (C=O) groups excluding carboxylic acids is 1. The van der Waals surface area contributed by atoms with E-state index in [0.717, 1.165) is 24.8 Å². The van der Waals surface area contributed by atoms with Gasteiger partial charge in [-0.25, -0.2) is 16.8 Å². The topological polar surface area (TPSA) is 113 Å². The van der Waals surface area contributed by atoms with Gasteiger partial charge in [0.25, 0.3) is 0 Å². The first-order valence-electron chi connectivity index (χ1n) is 12.3. The van der Waals surface area contributed by atoms with Gasteiger partial charge in [-0.05, 0) is 66.8 Å². The van der Waals surface area contributed by atoms with Crippen LogP contribution in [0.25, 0.3) is 0 Å². The molecule has 3 aromatic carbocycles. The van der Waals surface area contributed by atoms with Gasteiger partial charge in [-0.3, -0.25) is 4.79 Å². The van der Waals surface area contributed by atoms with E-state index in [-0.39, 0.29) is 22.8 Å². The highest BCUT2D eigenvalue weighted by Crippen LogP contribution is 2.21. The van der Waals surface area contributed by atoms with Crippen LogP contribution in [0.5, 0.6) is 0 Å². The minimum absolute atomic E-state index is 0.00161. The van der Waals surface area contributed by atoms with Gasteiger partial charge in [0.1, 0.15) is 6.04 Å². The first kappa shape index (κ1) is 28.3. The molecule has 0 saturated carbocycles. The average Bonchev–Trinajstić information content (AvgIpc) is 2.93. The zero-order valence-corrected chi connectivity index (χ0v) is 23.1. The Hall–Kier alpha value is -2.76. The van der Waals surface area contributed by atoms with Gasteiger partial charge in [0.2, 0.25) is 26.0 Å². The first-order valence-corrected chi connectivity index (χ1v) is 15.6. The molecule has 4 rings (SSSR count). The van der Waals surface area contributed by atoms with Crippen molar-refractivity contribution in [1.29, 1.82) is 0 Å². The molecule has 1 aliphatic rings. The van der Waals surface area contributed by atoms with Crippen LogP contribution in [0.4, 0.5) is 0 Å². The number of piperidine rings is 1. The van der Waals surface area contributed by atoms with Crippen LogP contribution >= 0.6 is 11.6 Å². The Kier molecular flexibility index (Phi) is 9.22. The summed E-state index contributed by atoms with van der Waals surface area (Å²) < 4.78 is 55.8. The molecule has 1 amide bonds. The van der Waals surface area contributed by atoms with E-state index in [1.807, 2.05) is 30.3 Å². The maximum Gasteiger partial charge on any atom is 0.243 e. The number of nitrogens with zero attached hydrogens (tertiary/aromatic N) is 1. The third-order valence-corrected chi connectivity index (χ3v) is 10.0. The van der Waals surface area contributed by atoms with Crippen molar-refractivity contribution in [2.75, 3.05) is 13.1 Å². The van der Waals surface area contributed by atoms with Crippen LogP contribution in [0.15, 0.2) is 88.7 Å². The maximum atomic E-state index is 13.2. The molecule has 1 aliphatic heterocycles. The Morgan fingerprint density at radius 2 is 1.39 bits per heavy atom. The summed E-state index contributed by atoms with van der Waals surface area (Å²) in [7, 11) is -7.54. The van der Waals surface area contributed by atoms with Crippen LogP contribution in [0.3, 0.4) is 0 Å². The van der Waals surface area contributed by atoms with E-state index in [1.54, 1.807) is 12.1 Å². The lowest BCUT2D eigenvalue weighted by atomic mass is 10.1. The van der Waals surface area contributed by atoms with Gasteiger partial charge in [0, 0.05) is 24.7 Å². The molecule has 1 unspecified atom stereocenters. The summed E-state index contributed by atoms with van der Waals surface area (Å²) in [6, 6.07) is 20.1. The third-order valence-electron chi connectivity index (χ3n) is 6.36. The van der Waals surface area contributed by atoms with E-state index < -0.39 is 32.0 Å². The van der Waals surface area contributed by atoms with Crippen LogP contribution in [0.2, 0.25) is 5.02 Å². The molecule has 8 nitrogen and oxygen atoms in total. The molecule has 0 spiro atoms. The smallest absolute Gasteiger partial charge is 0.243 e. The van der Waals surface area contributed by atoms with Crippen LogP contribution in [0.1, 0.15) is 30.4 Å². The largest absolute Gasteiger partial charge is 0.351 e. The van der Waals surface area contributed by atoms with Crippen molar-refractivity contribution >= 4 is 37.6 Å². The van der Waals surface area contributed by atoms with Crippen molar-refractivity contribution in [3.8, 4) is 0 Å². The molecule has 0 aromatic heterocycles. The molecular weight excluding hydrogens is 546 g/mol. The fraction of sp³-hybridized carbons (Fsp3) is 0.296. The highest BCUT2D eigenvalue weighted by molar-refractivity contribution is 7.89. The lowest BCUT2D eigenvalue weighted by Crippen LogP contribution is -2.47. The SMILES string of the molecule is O=C(NCc1ccc(S(=O)(=O)N2CCCCC2)cc1)C(Cc1ccccc1)NS(=O)(=O)c1ccc(Cl)cc1. The minimum atomic E-state index is -4.00. The molecule has 202 valence electrons. The molecule has 1 fully saturated rings. The summed E-state index contributed by atoms with van der Waals surface area (Å²) in [4.78, 5) is 13.4. The van der Waals surface area contributed by atoms with E-state index in [4.69, 9.17) is 11.6 Å². The number of benzene rings is 3. The van der Waals surface area contributed by atoms with Crippen molar-refractivity contribution in [2.45, 2.75) is 48.1 Å². The normalized spacial score (nSPS) is 15.6. The predicted octanol–water partition coefficient (Wildman–Crippen LogP) is 3.72. The second-order valence-electron chi connectivity index (χ2n) is 9.14. The van der Waals surface area contributed by atoms with Crippen molar-refractivity contribution in [3.05, 3.63) is 95.0 Å². The number of hydrogen-bond donors (Lipinski definition) is 2. The maximum absolute atomic E-state index is 13.2. The molecule has 1 heterocycles. The van der Waals surface area contributed by atoms with E-state index in [0.29, 0.717) is 23.7 Å². The fourth-order valence-electron chi connectivity index (χ4n) is 4.25. The van der Waals surface area contributed by atoms with Gasteiger partial charge in [-0.2, -0.15) is 9.03 Å². The molecule has 38 heavy (non-hydrogen) atoms. The van der Waals surface area contributed by atoms with Crippen LogP contribution in [-0.4, -0.2) is 46.2 Å². The number of nitrogens with one attached hydrogen (secondary N) is 2. The predicted molar refractivity (Wildman–Crippen MR) is 147 cm³/mol. The zero-order valence-electron chi connectivity index (χ0n) is 20.7. The van der Waals surface area contributed by atoms with E-state index >= 15 is 0 Å². The monoisotopic (exact) mass is 575 g/mol. The van der Waals surface area contributed by atoms with Crippen molar-refractivity contribution < 1.29 is 21.6 Å². The van der Waals surface area contributed by atoms with Crippen LogP contribution in [0, 0.1) is 0 Å². The van der Waals surface area contributed by atoms with Gasteiger partial charge in [-0.15, -0.1) is 0 Å². The lowest BCUT2D eigenvalue weighted by Gasteiger charge is -2.25. The number of halogens is 1. The molecule has 0 radical (unpaired) electrons. The highest BCUT2D eigenvalue weighted by Gasteiger charge is 2.27. The van der Waals surface area contributed by atoms with Crippen molar-refractivity contribution in [1.82, 2.24) is 14.3 Å². The van der Waals surface area contributed by atoms with Crippen molar-refractivity contribution in [2.24, 2.45) is 0 Å². The molecule has 0 bridgehead atoms. The standard InChI is InChI=1S/C27H30ClN3O5S2/c28-23-11-15-24(16-12-23)37(33,34)30-26(19-21-7-3-1-4-8-21)27(32)29-20-22-9-13-25(14-10-22)38(35,36)31-17-5-2-6-18-31/h1,3-4,7-16,26,30H,2,5-6,17-20H2,(H,29,32). The molecule has 2 N–H and O–H groups in total. The molecule has 1 saturated heterocycles. The summed E-state index contributed by atoms with van der Waals surface area (Å²) >= 11 is 5.88. The van der Waals surface area contributed by atoms with Gasteiger partial charge >= 0.3 is 0 Å². The summed E-state index contributed by atoms with van der Waals surface area (Å²) in [5.74, 6) is -0.503. The third kappa shape index (κ3) is 7.21. The summed E-state index contributed by atoms with van der Waals surface area (Å²) in [5, 5.41) is 3.18. The summed E-state index contributed by atoms with van der Waals surface area (Å²) in [6.07, 6.45) is 2.89. The van der Waals surface area contributed by atoms with Crippen LogP contribution in [-0.2, 0) is 37.8 Å².